The van der Waals surface area contributed by atoms with Gasteiger partial charge in [0.25, 0.3) is 0 Å². The van der Waals surface area contributed by atoms with Crippen molar-refractivity contribution < 1.29 is 9.59 Å². The Kier molecular flexibility index (Phi) is 3.71. The minimum absolute atomic E-state index is 0.0897. The van der Waals surface area contributed by atoms with E-state index in [-0.39, 0.29) is 17.2 Å². The fourth-order valence-corrected chi connectivity index (χ4v) is 2.47. The van der Waals surface area contributed by atoms with Crippen molar-refractivity contribution in [2.45, 2.75) is 39.8 Å². The van der Waals surface area contributed by atoms with E-state index in [1.54, 1.807) is 0 Å². The Labute approximate surface area is 113 Å². The standard InChI is InChI=1S/C15H20N2O2/c1-15(2)7-13(18)17(14(19)8-15)10-12-6-4-3-5-11(12)9-16/h3-6H,7-10,16H2,1-2H3. The third kappa shape index (κ3) is 3.01. The monoisotopic (exact) mass is 260 g/mol. The predicted molar refractivity (Wildman–Crippen MR) is 72.9 cm³/mol. The molecular formula is C15H20N2O2. The van der Waals surface area contributed by atoms with Gasteiger partial charge >= 0.3 is 0 Å². The quantitative estimate of drug-likeness (QED) is 0.843. The van der Waals surface area contributed by atoms with Gasteiger partial charge in [0.1, 0.15) is 0 Å². The van der Waals surface area contributed by atoms with Gasteiger partial charge in [0.2, 0.25) is 11.8 Å². The Morgan fingerprint density at radius 3 is 2.16 bits per heavy atom. The minimum Gasteiger partial charge on any atom is -0.326 e. The molecular weight excluding hydrogens is 240 g/mol. The van der Waals surface area contributed by atoms with Gasteiger partial charge in [-0.05, 0) is 16.5 Å². The summed E-state index contributed by atoms with van der Waals surface area (Å²) in [7, 11) is 0. The summed E-state index contributed by atoms with van der Waals surface area (Å²) in [5.74, 6) is -0.179. The van der Waals surface area contributed by atoms with Crippen molar-refractivity contribution in [3.63, 3.8) is 0 Å². The van der Waals surface area contributed by atoms with E-state index in [0.29, 0.717) is 25.9 Å². The van der Waals surface area contributed by atoms with Crippen molar-refractivity contribution >= 4 is 11.8 Å². The van der Waals surface area contributed by atoms with Crippen molar-refractivity contribution in [2.75, 3.05) is 0 Å². The first-order valence-electron chi connectivity index (χ1n) is 6.53. The molecule has 2 amide bonds. The number of piperidine rings is 1. The zero-order chi connectivity index (χ0) is 14.0. The highest BCUT2D eigenvalue weighted by Crippen LogP contribution is 2.32. The van der Waals surface area contributed by atoms with Crippen LogP contribution >= 0.6 is 0 Å². The van der Waals surface area contributed by atoms with Gasteiger partial charge < -0.3 is 5.73 Å². The lowest BCUT2D eigenvalue weighted by molar-refractivity contribution is -0.153. The molecule has 4 nitrogen and oxygen atoms in total. The predicted octanol–water partition coefficient (Wildman–Crippen LogP) is 1.82. The number of nitrogens with two attached hydrogens (primary N) is 1. The van der Waals surface area contributed by atoms with Crippen molar-refractivity contribution in [2.24, 2.45) is 11.1 Å². The van der Waals surface area contributed by atoms with Crippen LogP contribution in [0.3, 0.4) is 0 Å². The van der Waals surface area contributed by atoms with Crippen LogP contribution in [0.1, 0.15) is 37.8 Å². The average Bonchev–Trinajstić information content (AvgIpc) is 2.33. The molecule has 1 heterocycles. The molecule has 2 N–H and O–H groups in total. The number of benzene rings is 1. The van der Waals surface area contributed by atoms with E-state index in [1.165, 1.54) is 4.90 Å². The van der Waals surface area contributed by atoms with Crippen LogP contribution in [0.25, 0.3) is 0 Å². The van der Waals surface area contributed by atoms with Gasteiger partial charge in [-0.15, -0.1) is 0 Å². The van der Waals surface area contributed by atoms with Crippen LogP contribution in [0.4, 0.5) is 0 Å². The fraction of sp³-hybridized carbons (Fsp3) is 0.467. The lowest BCUT2D eigenvalue weighted by Crippen LogP contribution is -2.45. The van der Waals surface area contributed by atoms with E-state index in [9.17, 15) is 9.59 Å². The van der Waals surface area contributed by atoms with Crippen LogP contribution in [-0.4, -0.2) is 16.7 Å². The van der Waals surface area contributed by atoms with E-state index in [2.05, 4.69) is 0 Å². The van der Waals surface area contributed by atoms with Crippen LogP contribution in [0.15, 0.2) is 24.3 Å². The largest absolute Gasteiger partial charge is 0.326 e. The molecule has 1 aliphatic rings. The minimum atomic E-state index is -0.224. The highest BCUT2D eigenvalue weighted by Gasteiger charge is 2.37. The first-order valence-corrected chi connectivity index (χ1v) is 6.53. The lowest BCUT2D eigenvalue weighted by atomic mass is 9.81. The lowest BCUT2D eigenvalue weighted by Gasteiger charge is -2.35. The summed E-state index contributed by atoms with van der Waals surface area (Å²) in [6.45, 7) is 4.65. The molecule has 102 valence electrons. The number of nitrogens with zero attached hydrogens (tertiary/aromatic N) is 1. The number of carbonyl (C=O) groups is 2. The van der Waals surface area contributed by atoms with Crippen LogP contribution in [-0.2, 0) is 22.7 Å². The van der Waals surface area contributed by atoms with E-state index < -0.39 is 0 Å². The topological polar surface area (TPSA) is 63.4 Å². The van der Waals surface area contributed by atoms with Gasteiger partial charge in [-0.1, -0.05) is 38.1 Å². The average molecular weight is 260 g/mol. The number of imide groups is 1. The molecule has 0 aromatic heterocycles. The van der Waals surface area contributed by atoms with Crippen LogP contribution in [0.5, 0.6) is 0 Å². The Morgan fingerprint density at radius 2 is 1.63 bits per heavy atom. The number of rotatable bonds is 3. The smallest absolute Gasteiger partial charge is 0.230 e. The second-order valence-corrected chi connectivity index (χ2v) is 5.86. The summed E-state index contributed by atoms with van der Waals surface area (Å²) in [6, 6.07) is 7.66. The molecule has 19 heavy (non-hydrogen) atoms. The molecule has 0 spiro atoms. The Bertz CT molecular complexity index is 489. The van der Waals surface area contributed by atoms with Gasteiger partial charge in [-0.3, -0.25) is 14.5 Å². The summed E-state index contributed by atoms with van der Waals surface area (Å²) in [5, 5.41) is 0. The number of amides is 2. The molecule has 1 aromatic rings. The second-order valence-electron chi connectivity index (χ2n) is 5.86. The van der Waals surface area contributed by atoms with E-state index >= 15 is 0 Å². The number of likely N-dealkylation sites (tertiary alicyclic amines) is 1. The summed E-state index contributed by atoms with van der Waals surface area (Å²) < 4.78 is 0. The van der Waals surface area contributed by atoms with Crippen molar-refractivity contribution in [1.29, 1.82) is 0 Å². The molecule has 0 atom stereocenters. The molecule has 1 saturated heterocycles. The molecule has 0 saturated carbocycles. The zero-order valence-electron chi connectivity index (χ0n) is 11.5. The van der Waals surface area contributed by atoms with Gasteiger partial charge in [0.15, 0.2) is 0 Å². The van der Waals surface area contributed by atoms with Gasteiger partial charge in [-0.2, -0.15) is 0 Å². The number of hydrogen-bond donors (Lipinski definition) is 1. The van der Waals surface area contributed by atoms with E-state index in [1.807, 2.05) is 38.1 Å². The van der Waals surface area contributed by atoms with Crippen LogP contribution in [0.2, 0.25) is 0 Å². The van der Waals surface area contributed by atoms with Crippen LogP contribution < -0.4 is 5.73 Å². The van der Waals surface area contributed by atoms with E-state index in [4.69, 9.17) is 5.73 Å². The number of hydrogen-bond acceptors (Lipinski definition) is 3. The molecule has 2 rings (SSSR count). The SMILES string of the molecule is CC1(C)CC(=O)N(Cc2ccccc2CN)C(=O)C1. The Hall–Kier alpha value is -1.68. The highest BCUT2D eigenvalue weighted by molar-refractivity contribution is 5.98. The molecule has 4 heteroatoms. The van der Waals surface area contributed by atoms with Crippen molar-refractivity contribution in [1.82, 2.24) is 4.90 Å². The highest BCUT2D eigenvalue weighted by atomic mass is 16.2. The van der Waals surface area contributed by atoms with E-state index in [0.717, 1.165) is 11.1 Å². The molecule has 1 aliphatic heterocycles. The van der Waals surface area contributed by atoms with Crippen molar-refractivity contribution in [3.8, 4) is 0 Å². The van der Waals surface area contributed by atoms with Crippen LogP contribution in [0, 0.1) is 5.41 Å². The van der Waals surface area contributed by atoms with Gasteiger partial charge in [0.05, 0.1) is 6.54 Å². The molecule has 0 unspecified atom stereocenters. The Balaban J connectivity index is 2.19. The first kappa shape index (κ1) is 13.7. The fourth-order valence-electron chi connectivity index (χ4n) is 2.47. The maximum atomic E-state index is 12.1. The summed E-state index contributed by atoms with van der Waals surface area (Å²) in [5.41, 5.74) is 7.39. The zero-order valence-corrected chi connectivity index (χ0v) is 11.5. The maximum absolute atomic E-state index is 12.1. The molecule has 1 fully saturated rings. The second kappa shape index (κ2) is 5.13. The third-order valence-corrected chi connectivity index (χ3v) is 3.53. The summed E-state index contributed by atoms with van der Waals surface area (Å²) >= 11 is 0. The maximum Gasteiger partial charge on any atom is 0.230 e. The van der Waals surface area contributed by atoms with Crippen molar-refractivity contribution in [3.05, 3.63) is 35.4 Å². The summed E-state index contributed by atoms with van der Waals surface area (Å²) in [4.78, 5) is 25.6. The molecule has 1 aromatic carbocycles. The van der Waals surface area contributed by atoms with Gasteiger partial charge in [0, 0.05) is 19.4 Å². The first-order chi connectivity index (χ1) is 8.93. The van der Waals surface area contributed by atoms with Gasteiger partial charge in [-0.25, -0.2) is 0 Å². The molecule has 0 aliphatic carbocycles. The normalized spacial score (nSPS) is 18.8. The third-order valence-electron chi connectivity index (χ3n) is 3.53. The molecule has 0 radical (unpaired) electrons. The summed E-state index contributed by atoms with van der Waals surface area (Å²) in [6.07, 6.45) is 0.840. The number of carbonyl (C=O) groups excluding carboxylic acids is 2. The Morgan fingerprint density at radius 1 is 1.11 bits per heavy atom. The molecule has 0 bridgehead atoms.